The van der Waals surface area contributed by atoms with Crippen LogP contribution in [0.4, 0.5) is 5.69 Å². The van der Waals surface area contributed by atoms with Crippen LogP contribution in [0.5, 0.6) is 0 Å². The van der Waals surface area contributed by atoms with Gasteiger partial charge in [-0.3, -0.25) is 14.6 Å². The van der Waals surface area contributed by atoms with Gasteiger partial charge < -0.3 is 4.90 Å². The molecule has 2 aliphatic heterocycles. The molecule has 3 atom stereocenters. The molecular weight excluding hydrogens is 316 g/mol. The van der Waals surface area contributed by atoms with Gasteiger partial charge in [0.15, 0.2) is 0 Å². The molecule has 0 bridgehead atoms. The molecule has 6 heteroatoms. The molecule has 0 aliphatic carbocycles. The molecule has 25 heavy (non-hydrogen) atoms. The molecule has 0 saturated carbocycles. The number of piperidine rings is 1. The van der Waals surface area contributed by atoms with Gasteiger partial charge in [-0.25, -0.2) is 10.4 Å². The molecule has 2 aliphatic rings. The monoisotopic (exact) mass is 336 g/mol. The average Bonchev–Trinajstić information content (AvgIpc) is 2.96. The van der Waals surface area contributed by atoms with Crippen LogP contribution in [0.1, 0.15) is 18.9 Å². The molecular formula is C19H20N4O2. The fraction of sp³-hybridized carbons (Fsp3) is 0.316. The first-order valence-corrected chi connectivity index (χ1v) is 8.48. The second kappa shape index (κ2) is 6.29. The second-order valence-electron chi connectivity index (χ2n) is 6.60. The zero-order chi connectivity index (χ0) is 17.4. The molecule has 2 amide bonds. The minimum Gasteiger partial charge on any atom is -0.335 e. The number of hydrogen-bond donors (Lipinski definition) is 1. The van der Waals surface area contributed by atoms with Gasteiger partial charge in [-0.1, -0.05) is 24.3 Å². The van der Waals surface area contributed by atoms with Crippen LogP contribution in [-0.2, 0) is 16.1 Å². The number of likely N-dealkylation sites (tertiary alicyclic amines) is 1. The fourth-order valence-electron chi connectivity index (χ4n) is 3.77. The molecule has 0 spiro atoms. The lowest BCUT2D eigenvalue weighted by atomic mass is 9.86. The Hall–Kier alpha value is -2.73. The number of benzene rings is 1. The summed E-state index contributed by atoms with van der Waals surface area (Å²) in [6.07, 6.45) is 3.80. The Balaban J connectivity index is 1.57. The van der Waals surface area contributed by atoms with E-state index in [0.29, 0.717) is 13.0 Å². The number of carbonyl (C=O) groups excluding carboxylic acids is 2. The lowest BCUT2D eigenvalue weighted by Crippen LogP contribution is -2.54. The van der Waals surface area contributed by atoms with E-state index in [2.05, 4.69) is 10.4 Å². The molecule has 3 heterocycles. The third-order valence-corrected chi connectivity index (χ3v) is 5.05. The maximum absolute atomic E-state index is 13.0. The summed E-state index contributed by atoms with van der Waals surface area (Å²) in [5.41, 5.74) is 5.01. The largest absolute Gasteiger partial charge is 0.335 e. The molecule has 1 aromatic carbocycles. The molecule has 2 aromatic rings. The van der Waals surface area contributed by atoms with Crippen LogP contribution in [0.2, 0.25) is 0 Å². The Morgan fingerprint density at radius 3 is 2.68 bits per heavy atom. The van der Waals surface area contributed by atoms with Gasteiger partial charge in [0.2, 0.25) is 11.8 Å². The number of nitrogens with zero attached hydrogens (tertiary/aromatic N) is 3. The van der Waals surface area contributed by atoms with Crippen molar-refractivity contribution in [2.24, 2.45) is 5.92 Å². The molecule has 3 unspecified atom stereocenters. The van der Waals surface area contributed by atoms with E-state index in [1.807, 2.05) is 49.4 Å². The van der Waals surface area contributed by atoms with Crippen LogP contribution in [0.15, 0.2) is 54.9 Å². The quantitative estimate of drug-likeness (QED) is 0.927. The number of nitrogens with one attached hydrogen (secondary N) is 1. The predicted molar refractivity (Wildman–Crippen MR) is 93.2 cm³/mol. The molecule has 128 valence electrons. The van der Waals surface area contributed by atoms with E-state index in [1.54, 1.807) is 22.3 Å². The standard InChI is InChI=1S/C19H20N4O2/c1-13-18-16(21-23(19(18)25)15-7-3-2-4-8-15)10-17(24)22(13)12-14-6-5-9-20-11-14/h2-9,11,13,16,18,21H,10,12H2,1H3. The van der Waals surface area contributed by atoms with Crippen LogP contribution < -0.4 is 10.4 Å². The number of amides is 2. The minimum atomic E-state index is -0.241. The van der Waals surface area contributed by atoms with Crippen molar-refractivity contribution in [3.8, 4) is 0 Å². The molecule has 4 rings (SSSR count). The van der Waals surface area contributed by atoms with Gasteiger partial charge in [0, 0.05) is 37.4 Å². The Morgan fingerprint density at radius 1 is 1.16 bits per heavy atom. The van der Waals surface area contributed by atoms with Crippen molar-refractivity contribution in [1.29, 1.82) is 0 Å². The number of aromatic nitrogens is 1. The number of pyridine rings is 1. The summed E-state index contributed by atoms with van der Waals surface area (Å²) >= 11 is 0. The number of carbonyl (C=O) groups is 2. The van der Waals surface area contributed by atoms with Crippen LogP contribution in [0.3, 0.4) is 0 Å². The van der Waals surface area contributed by atoms with E-state index >= 15 is 0 Å². The Bertz CT molecular complexity index is 781. The van der Waals surface area contributed by atoms with Crippen molar-refractivity contribution < 1.29 is 9.59 Å². The molecule has 2 saturated heterocycles. The van der Waals surface area contributed by atoms with E-state index < -0.39 is 0 Å². The van der Waals surface area contributed by atoms with Crippen molar-refractivity contribution in [1.82, 2.24) is 15.3 Å². The van der Waals surface area contributed by atoms with Gasteiger partial charge in [-0.15, -0.1) is 0 Å². The first kappa shape index (κ1) is 15.8. The first-order valence-electron chi connectivity index (χ1n) is 8.48. The third-order valence-electron chi connectivity index (χ3n) is 5.05. The molecule has 6 nitrogen and oxygen atoms in total. The number of rotatable bonds is 3. The molecule has 0 radical (unpaired) electrons. The van der Waals surface area contributed by atoms with E-state index in [1.165, 1.54) is 0 Å². The highest BCUT2D eigenvalue weighted by Gasteiger charge is 2.50. The van der Waals surface area contributed by atoms with E-state index in [4.69, 9.17) is 0 Å². The lowest BCUT2D eigenvalue weighted by molar-refractivity contribution is -0.141. The number of fused-ring (bicyclic) bond motifs is 1. The summed E-state index contributed by atoms with van der Waals surface area (Å²) in [7, 11) is 0. The Morgan fingerprint density at radius 2 is 1.96 bits per heavy atom. The summed E-state index contributed by atoms with van der Waals surface area (Å²) < 4.78 is 0. The average molecular weight is 336 g/mol. The molecule has 1 N–H and O–H groups in total. The summed E-state index contributed by atoms with van der Waals surface area (Å²) in [6, 6.07) is 13.0. The van der Waals surface area contributed by atoms with E-state index in [-0.39, 0.29) is 29.8 Å². The zero-order valence-electron chi connectivity index (χ0n) is 14.0. The Labute approximate surface area is 146 Å². The van der Waals surface area contributed by atoms with Crippen LogP contribution in [-0.4, -0.2) is 33.8 Å². The van der Waals surface area contributed by atoms with Crippen molar-refractivity contribution in [3.05, 3.63) is 60.4 Å². The number of para-hydroxylation sites is 1. The summed E-state index contributed by atoms with van der Waals surface area (Å²) in [6.45, 7) is 2.44. The Kier molecular flexibility index (Phi) is 3.97. The van der Waals surface area contributed by atoms with Crippen molar-refractivity contribution in [2.45, 2.75) is 32.0 Å². The lowest BCUT2D eigenvalue weighted by Gasteiger charge is -2.39. The SMILES string of the molecule is CC1C2C(=O)N(c3ccccc3)NC2CC(=O)N1Cc1cccnc1. The summed E-state index contributed by atoms with van der Waals surface area (Å²) in [5.74, 6) is -0.158. The van der Waals surface area contributed by atoms with Crippen molar-refractivity contribution >= 4 is 17.5 Å². The zero-order valence-corrected chi connectivity index (χ0v) is 14.0. The molecule has 2 fully saturated rings. The summed E-state index contributed by atoms with van der Waals surface area (Å²) in [5, 5.41) is 1.59. The van der Waals surface area contributed by atoms with Crippen LogP contribution in [0.25, 0.3) is 0 Å². The highest BCUT2D eigenvalue weighted by Crippen LogP contribution is 2.33. The van der Waals surface area contributed by atoms with Gasteiger partial charge in [0.05, 0.1) is 11.6 Å². The van der Waals surface area contributed by atoms with Gasteiger partial charge >= 0.3 is 0 Å². The maximum Gasteiger partial charge on any atom is 0.248 e. The van der Waals surface area contributed by atoms with Gasteiger partial charge in [0.25, 0.3) is 0 Å². The minimum absolute atomic E-state index is 0.0207. The number of anilines is 1. The summed E-state index contributed by atoms with van der Waals surface area (Å²) in [4.78, 5) is 31.5. The second-order valence-corrected chi connectivity index (χ2v) is 6.60. The third kappa shape index (κ3) is 2.78. The van der Waals surface area contributed by atoms with E-state index in [0.717, 1.165) is 11.3 Å². The fourth-order valence-corrected chi connectivity index (χ4v) is 3.77. The van der Waals surface area contributed by atoms with Gasteiger partial charge in [-0.2, -0.15) is 0 Å². The van der Waals surface area contributed by atoms with Gasteiger partial charge in [0.1, 0.15) is 0 Å². The van der Waals surface area contributed by atoms with Gasteiger partial charge in [-0.05, 0) is 30.7 Å². The normalized spacial score (nSPS) is 26.0. The van der Waals surface area contributed by atoms with Crippen molar-refractivity contribution in [3.63, 3.8) is 0 Å². The first-order chi connectivity index (χ1) is 12.1. The number of hydrazine groups is 1. The topological polar surface area (TPSA) is 65.5 Å². The molecule has 1 aromatic heterocycles. The van der Waals surface area contributed by atoms with E-state index in [9.17, 15) is 9.59 Å². The highest BCUT2D eigenvalue weighted by atomic mass is 16.2. The highest BCUT2D eigenvalue weighted by molar-refractivity contribution is 5.99. The number of hydrogen-bond acceptors (Lipinski definition) is 4. The predicted octanol–water partition coefficient (Wildman–Crippen LogP) is 1.74. The van der Waals surface area contributed by atoms with Crippen molar-refractivity contribution in [2.75, 3.05) is 5.01 Å². The van der Waals surface area contributed by atoms with Crippen LogP contribution in [0, 0.1) is 5.92 Å². The maximum atomic E-state index is 13.0. The smallest absolute Gasteiger partial charge is 0.248 e. The van der Waals surface area contributed by atoms with Crippen LogP contribution >= 0.6 is 0 Å².